The third-order valence-corrected chi connectivity index (χ3v) is 3.38. The number of aromatic nitrogens is 1. The lowest BCUT2D eigenvalue weighted by molar-refractivity contribution is 0.100. The van der Waals surface area contributed by atoms with E-state index in [1.165, 1.54) is 0 Å². The molecule has 0 aliphatic rings. The first-order chi connectivity index (χ1) is 7.99. The molecule has 2 N–H and O–H groups in total. The fourth-order valence-corrected chi connectivity index (χ4v) is 2.34. The topological polar surface area (TPSA) is 56.0 Å². The molecule has 1 amide bonds. The number of nitrogens with zero attached hydrogens (tertiary/aromatic N) is 1. The van der Waals surface area contributed by atoms with E-state index in [-0.39, 0.29) is 15.4 Å². The Morgan fingerprint density at radius 3 is 2.71 bits per heavy atom. The van der Waals surface area contributed by atoms with E-state index in [2.05, 4.69) is 4.98 Å². The number of aryl methyl sites for hydroxylation is 1. The Kier molecular flexibility index (Phi) is 2.89. The van der Waals surface area contributed by atoms with Gasteiger partial charge in [-0.2, -0.15) is 0 Å². The van der Waals surface area contributed by atoms with E-state index in [4.69, 9.17) is 5.73 Å². The first-order valence-electron chi connectivity index (χ1n) is 4.71. The van der Waals surface area contributed by atoms with Crippen LogP contribution >= 0.6 is 11.3 Å². The van der Waals surface area contributed by atoms with E-state index in [1.54, 1.807) is 6.92 Å². The van der Waals surface area contributed by atoms with E-state index in [0.29, 0.717) is 5.69 Å². The number of carbonyl (C=O) groups is 1. The summed E-state index contributed by atoms with van der Waals surface area (Å²) in [5.41, 5.74) is 5.59. The van der Waals surface area contributed by atoms with Gasteiger partial charge in [0.25, 0.3) is 5.91 Å². The molecular weight excluding hydrogens is 246 g/mol. The van der Waals surface area contributed by atoms with Crippen molar-refractivity contribution in [2.24, 2.45) is 5.73 Å². The standard InChI is InChI=1S/C11H8F2N2OS/c1-5-9(10(14)16)17-11(15-5)7-4-6(12)2-3-8(7)13/h2-4H,1H3,(H2,14,16). The minimum absolute atomic E-state index is 0.0330. The Hall–Kier alpha value is -1.82. The van der Waals surface area contributed by atoms with Crippen LogP contribution in [-0.2, 0) is 0 Å². The summed E-state index contributed by atoms with van der Waals surface area (Å²) in [6, 6.07) is 3.08. The molecule has 0 spiro atoms. The second kappa shape index (κ2) is 4.21. The maximum Gasteiger partial charge on any atom is 0.260 e. The van der Waals surface area contributed by atoms with Crippen LogP contribution in [0.2, 0.25) is 0 Å². The number of rotatable bonds is 2. The maximum atomic E-state index is 13.5. The molecule has 0 aliphatic heterocycles. The molecule has 17 heavy (non-hydrogen) atoms. The van der Waals surface area contributed by atoms with Gasteiger partial charge in [-0.05, 0) is 25.1 Å². The predicted octanol–water partition coefficient (Wildman–Crippen LogP) is 2.50. The summed E-state index contributed by atoms with van der Waals surface area (Å²) in [4.78, 5) is 15.3. The van der Waals surface area contributed by atoms with Crippen molar-refractivity contribution in [2.75, 3.05) is 0 Å². The summed E-state index contributed by atoms with van der Waals surface area (Å²) in [7, 11) is 0. The lowest BCUT2D eigenvalue weighted by Gasteiger charge is -1.98. The van der Waals surface area contributed by atoms with Crippen molar-refractivity contribution < 1.29 is 13.6 Å². The van der Waals surface area contributed by atoms with Crippen LogP contribution in [-0.4, -0.2) is 10.9 Å². The summed E-state index contributed by atoms with van der Waals surface area (Å²) < 4.78 is 26.5. The third-order valence-electron chi connectivity index (χ3n) is 2.18. The van der Waals surface area contributed by atoms with Crippen LogP contribution in [0.3, 0.4) is 0 Å². The molecule has 0 saturated heterocycles. The fourth-order valence-electron chi connectivity index (χ4n) is 1.40. The summed E-state index contributed by atoms with van der Waals surface area (Å²) >= 11 is 0.951. The molecule has 1 heterocycles. The van der Waals surface area contributed by atoms with Crippen molar-refractivity contribution >= 4 is 17.2 Å². The van der Waals surface area contributed by atoms with Gasteiger partial charge in [-0.25, -0.2) is 13.8 Å². The SMILES string of the molecule is Cc1nc(-c2cc(F)ccc2F)sc1C(N)=O. The molecule has 0 saturated carbocycles. The Morgan fingerprint density at radius 1 is 1.41 bits per heavy atom. The normalized spacial score (nSPS) is 10.5. The highest BCUT2D eigenvalue weighted by Crippen LogP contribution is 2.29. The van der Waals surface area contributed by atoms with Gasteiger partial charge in [0.2, 0.25) is 0 Å². The van der Waals surface area contributed by atoms with Gasteiger partial charge in [0.05, 0.1) is 5.69 Å². The molecule has 2 aromatic rings. The number of nitrogens with two attached hydrogens (primary N) is 1. The monoisotopic (exact) mass is 254 g/mol. The van der Waals surface area contributed by atoms with Crippen LogP contribution in [0.4, 0.5) is 8.78 Å². The van der Waals surface area contributed by atoms with Gasteiger partial charge in [0.1, 0.15) is 21.5 Å². The van der Waals surface area contributed by atoms with Gasteiger partial charge in [0.15, 0.2) is 0 Å². The second-order valence-corrected chi connectivity index (χ2v) is 4.42. The van der Waals surface area contributed by atoms with Gasteiger partial charge in [-0.1, -0.05) is 0 Å². The highest BCUT2D eigenvalue weighted by Gasteiger charge is 2.16. The van der Waals surface area contributed by atoms with E-state index in [0.717, 1.165) is 29.5 Å². The largest absolute Gasteiger partial charge is 0.365 e. The van der Waals surface area contributed by atoms with Gasteiger partial charge in [-0.15, -0.1) is 11.3 Å². The molecule has 3 nitrogen and oxygen atoms in total. The van der Waals surface area contributed by atoms with Gasteiger partial charge >= 0.3 is 0 Å². The minimum Gasteiger partial charge on any atom is -0.365 e. The Bertz CT molecular complexity index is 595. The van der Waals surface area contributed by atoms with E-state index >= 15 is 0 Å². The summed E-state index contributed by atoms with van der Waals surface area (Å²) in [6.45, 7) is 1.59. The second-order valence-electron chi connectivity index (χ2n) is 3.42. The van der Waals surface area contributed by atoms with Gasteiger partial charge in [0, 0.05) is 5.56 Å². The van der Waals surface area contributed by atoms with Crippen LogP contribution in [0.15, 0.2) is 18.2 Å². The number of hydrogen-bond acceptors (Lipinski definition) is 3. The average Bonchev–Trinajstić information content (AvgIpc) is 2.64. The van der Waals surface area contributed by atoms with Crippen molar-refractivity contribution in [3.8, 4) is 10.6 Å². The zero-order valence-corrected chi connectivity index (χ0v) is 9.65. The van der Waals surface area contributed by atoms with Crippen molar-refractivity contribution in [3.63, 3.8) is 0 Å². The highest BCUT2D eigenvalue weighted by molar-refractivity contribution is 7.17. The van der Waals surface area contributed by atoms with Crippen LogP contribution in [0.1, 0.15) is 15.4 Å². The molecule has 1 aromatic heterocycles. The smallest absolute Gasteiger partial charge is 0.260 e. The molecule has 0 atom stereocenters. The number of amides is 1. The molecule has 2 rings (SSSR count). The van der Waals surface area contributed by atoms with Crippen molar-refractivity contribution in [1.29, 1.82) is 0 Å². The molecule has 1 aromatic carbocycles. The molecule has 0 fully saturated rings. The highest BCUT2D eigenvalue weighted by atomic mass is 32.1. The number of benzene rings is 1. The number of carbonyl (C=O) groups excluding carboxylic acids is 1. The molecule has 88 valence electrons. The third kappa shape index (κ3) is 2.16. The molecule has 0 radical (unpaired) electrons. The van der Waals surface area contributed by atoms with Crippen LogP contribution in [0.25, 0.3) is 10.6 Å². The molecule has 0 aliphatic carbocycles. The van der Waals surface area contributed by atoms with Crippen LogP contribution < -0.4 is 5.73 Å². The molecule has 0 bridgehead atoms. The quantitative estimate of drug-likeness (QED) is 0.895. The van der Waals surface area contributed by atoms with E-state index in [9.17, 15) is 13.6 Å². The lowest BCUT2D eigenvalue weighted by Crippen LogP contribution is -2.09. The number of thiazole rings is 1. The number of hydrogen-bond donors (Lipinski definition) is 1. The molecule has 6 heteroatoms. The van der Waals surface area contributed by atoms with Crippen molar-refractivity contribution in [3.05, 3.63) is 40.4 Å². The first-order valence-corrected chi connectivity index (χ1v) is 5.53. The predicted molar refractivity (Wildman–Crippen MR) is 60.7 cm³/mol. The number of primary amides is 1. The van der Waals surface area contributed by atoms with Crippen molar-refractivity contribution in [2.45, 2.75) is 6.92 Å². The molecular formula is C11H8F2N2OS. The Morgan fingerprint density at radius 2 is 2.12 bits per heavy atom. The lowest BCUT2D eigenvalue weighted by atomic mass is 10.2. The zero-order valence-electron chi connectivity index (χ0n) is 8.83. The van der Waals surface area contributed by atoms with Crippen LogP contribution in [0.5, 0.6) is 0 Å². The average molecular weight is 254 g/mol. The van der Waals surface area contributed by atoms with Crippen molar-refractivity contribution in [1.82, 2.24) is 4.98 Å². The Balaban J connectivity index is 2.57. The minimum atomic E-state index is -0.622. The number of halogens is 2. The van der Waals surface area contributed by atoms with Crippen LogP contribution in [0, 0.1) is 18.6 Å². The summed E-state index contributed by atoms with van der Waals surface area (Å²) in [5, 5.41) is 0.244. The molecule has 0 unspecified atom stereocenters. The van der Waals surface area contributed by atoms with Gasteiger partial charge < -0.3 is 5.73 Å². The summed E-state index contributed by atoms with van der Waals surface area (Å²) in [6.07, 6.45) is 0. The zero-order chi connectivity index (χ0) is 12.6. The maximum absolute atomic E-state index is 13.5. The van der Waals surface area contributed by atoms with E-state index in [1.807, 2.05) is 0 Å². The van der Waals surface area contributed by atoms with Gasteiger partial charge in [-0.3, -0.25) is 4.79 Å². The summed E-state index contributed by atoms with van der Waals surface area (Å²) in [5.74, 6) is -1.77. The fraction of sp³-hybridized carbons (Fsp3) is 0.0909. The Labute approximate surface area is 99.9 Å². The first kappa shape index (κ1) is 11.7. The van der Waals surface area contributed by atoms with E-state index < -0.39 is 17.5 Å².